The fourth-order valence-corrected chi connectivity index (χ4v) is 2.32. The van der Waals surface area contributed by atoms with Gasteiger partial charge in [0.25, 0.3) is 0 Å². The fraction of sp³-hybridized carbons (Fsp3) is 0.818. The molecule has 1 aliphatic carbocycles. The van der Waals surface area contributed by atoms with Gasteiger partial charge in [0.1, 0.15) is 11.6 Å². The largest absolute Gasteiger partial charge is 0.299 e. The van der Waals surface area contributed by atoms with Crippen LogP contribution in [-0.4, -0.2) is 11.6 Å². The van der Waals surface area contributed by atoms with Gasteiger partial charge in [0.05, 0.1) is 5.92 Å². The highest BCUT2D eigenvalue weighted by molar-refractivity contribution is 6.10. The third kappa shape index (κ3) is 1.67. The molecule has 2 nitrogen and oxygen atoms in total. The predicted octanol–water partition coefficient (Wildman–Crippen LogP) is 2.22. The average Bonchev–Trinajstić information content (AvgIpc) is 2.32. The number of carbonyl (C=O) groups is 2. The molecule has 0 saturated heterocycles. The van der Waals surface area contributed by atoms with Gasteiger partial charge in [-0.3, -0.25) is 9.59 Å². The van der Waals surface area contributed by atoms with Crippen LogP contribution in [0.4, 0.5) is 0 Å². The topological polar surface area (TPSA) is 34.1 Å². The summed E-state index contributed by atoms with van der Waals surface area (Å²) >= 11 is 0. The first-order valence-electron chi connectivity index (χ1n) is 5.20. The second-order valence-electron chi connectivity index (χ2n) is 3.94. The number of rotatable bonds is 3. The van der Waals surface area contributed by atoms with Crippen LogP contribution >= 0.6 is 0 Å². The summed E-state index contributed by atoms with van der Waals surface area (Å²) in [4.78, 5) is 23.3. The van der Waals surface area contributed by atoms with E-state index in [0.717, 1.165) is 19.3 Å². The van der Waals surface area contributed by atoms with Gasteiger partial charge in [-0.2, -0.15) is 0 Å². The monoisotopic (exact) mass is 182 g/mol. The molecule has 3 atom stereocenters. The summed E-state index contributed by atoms with van der Waals surface area (Å²) in [5.74, 6) is 0.0612. The summed E-state index contributed by atoms with van der Waals surface area (Å²) in [6, 6.07) is 0. The van der Waals surface area contributed by atoms with E-state index < -0.39 is 0 Å². The summed E-state index contributed by atoms with van der Waals surface area (Å²) in [6.45, 7) is 5.81. The zero-order valence-corrected chi connectivity index (χ0v) is 8.67. The molecule has 0 heterocycles. The molecule has 1 aliphatic rings. The van der Waals surface area contributed by atoms with Crippen LogP contribution in [0.2, 0.25) is 0 Å². The fourth-order valence-electron chi connectivity index (χ4n) is 2.32. The molecular weight excluding hydrogens is 164 g/mol. The Hall–Kier alpha value is -0.660. The second kappa shape index (κ2) is 4.03. The molecule has 1 rings (SSSR count). The molecule has 0 aliphatic heterocycles. The van der Waals surface area contributed by atoms with Gasteiger partial charge < -0.3 is 0 Å². The molecule has 0 aromatic rings. The molecule has 0 radical (unpaired) electrons. The van der Waals surface area contributed by atoms with Crippen molar-refractivity contribution in [1.29, 1.82) is 0 Å². The Morgan fingerprint density at radius 1 is 1.08 bits per heavy atom. The van der Waals surface area contributed by atoms with E-state index in [1.54, 1.807) is 6.92 Å². The molecule has 2 heteroatoms. The zero-order valence-electron chi connectivity index (χ0n) is 8.67. The highest BCUT2D eigenvalue weighted by Crippen LogP contribution is 2.34. The molecule has 0 amide bonds. The van der Waals surface area contributed by atoms with Gasteiger partial charge in [0, 0.05) is 11.8 Å². The maximum Gasteiger partial charge on any atom is 0.146 e. The highest BCUT2D eigenvalue weighted by Gasteiger charge is 2.44. The van der Waals surface area contributed by atoms with Crippen LogP contribution < -0.4 is 0 Å². The van der Waals surface area contributed by atoms with Crippen molar-refractivity contribution in [2.45, 2.75) is 40.0 Å². The van der Waals surface area contributed by atoms with E-state index >= 15 is 0 Å². The summed E-state index contributed by atoms with van der Waals surface area (Å²) in [5.41, 5.74) is 0. The van der Waals surface area contributed by atoms with E-state index in [1.165, 1.54) is 0 Å². The minimum absolute atomic E-state index is 0.0162. The smallest absolute Gasteiger partial charge is 0.146 e. The van der Waals surface area contributed by atoms with Gasteiger partial charge in [0.15, 0.2) is 0 Å². The van der Waals surface area contributed by atoms with Gasteiger partial charge in [-0.1, -0.05) is 20.3 Å². The Balaban J connectivity index is 2.81. The maximum absolute atomic E-state index is 11.7. The second-order valence-corrected chi connectivity index (χ2v) is 3.94. The zero-order chi connectivity index (χ0) is 10.0. The quantitative estimate of drug-likeness (QED) is 0.627. The van der Waals surface area contributed by atoms with Gasteiger partial charge in [-0.05, 0) is 19.8 Å². The summed E-state index contributed by atoms with van der Waals surface area (Å²) in [7, 11) is 0. The first-order valence-corrected chi connectivity index (χ1v) is 5.20. The van der Waals surface area contributed by atoms with Crippen molar-refractivity contribution in [1.82, 2.24) is 0 Å². The number of hydrogen-bond donors (Lipinski definition) is 0. The van der Waals surface area contributed by atoms with Crippen LogP contribution in [0.25, 0.3) is 0 Å². The predicted molar refractivity (Wildman–Crippen MR) is 51.4 cm³/mol. The third-order valence-electron chi connectivity index (χ3n) is 3.11. The van der Waals surface area contributed by atoms with E-state index in [0.29, 0.717) is 0 Å². The summed E-state index contributed by atoms with van der Waals surface area (Å²) in [6.07, 6.45) is 2.69. The summed E-state index contributed by atoms with van der Waals surface area (Å²) < 4.78 is 0. The van der Waals surface area contributed by atoms with Crippen LogP contribution in [0, 0.1) is 17.8 Å². The molecule has 0 N–H and O–H groups in total. The number of hydrogen-bond acceptors (Lipinski definition) is 2. The van der Waals surface area contributed by atoms with E-state index in [4.69, 9.17) is 0 Å². The minimum Gasteiger partial charge on any atom is -0.299 e. The van der Waals surface area contributed by atoms with Crippen LogP contribution in [0.15, 0.2) is 0 Å². The molecule has 0 aromatic carbocycles. The van der Waals surface area contributed by atoms with E-state index in [1.807, 2.05) is 6.92 Å². The van der Waals surface area contributed by atoms with Gasteiger partial charge in [0.2, 0.25) is 0 Å². The molecular formula is C11H18O2. The SMILES string of the molecule is CCCC1C(=O)C(C)C(=O)C1CC. The molecule has 3 unspecified atom stereocenters. The highest BCUT2D eigenvalue weighted by atomic mass is 16.2. The van der Waals surface area contributed by atoms with Crippen molar-refractivity contribution >= 4 is 11.6 Å². The Morgan fingerprint density at radius 3 is 2.08 bits per heavy atom. The molecule has 1 saturated carbocycles. The van der Waals surface area contributed by atoms with E-state index in [-0.39, 0.29) is 29.3 Å². The van der Waals surface area contributed by atoms with Crippen molar-refractivity contribution < 1.29 is 9.59 Å². The normalized spacial score (nSPS) is 34.2. The maximum atomic E-state index is 11.7. The van der Waals surface area contributed by atoms with Gasteiger partial charge in [-0.15, -0.1) is 0 Å². The number of ketones is 2. The van der Waals surface area contributed by atoms with Crippen molar-refractivity contribution in [3.05, 3.63) is 0 Å². The minimum atomic E-state index is -0.332. The number of carbonyl (C=O) groups excluding carboxylic acids is 2. The van der Waals surface area contributed by atoms with Gasteiger partial charge >= 0.3 is 0 Å². The van der Waals surface area contributed by atoms with Crippen LogP contribution in [0.5, 0.6) is 0 Å². The lowest BCUT2D eigenvalue weighted by Crippen LogP contribution is -2.16. The lowest BCUT2D eigenvalue weighted by Gasteiger charge is -2.13. The lowest BCUT2D eigenvalue weighted by molar-refractivity contribution is -0.127. The van der Waals surface area contributed by atoms with Crippen molar-refractivity contribution in [3.8, 4) is 0 Å². The Morgan fingerprint density at radius 2 is 1.62 bits per heavy atom. The lowest BCUT2D eigenvalue weighted by atomic mass is 9.89. The molecule has 0 bridgehead atoms. The first-order chi connectivity index (χ1) is 6.13. The van der Waals surface area contributed by atoms with Crippen molar-refractivity contribution in [2.75, 3.05) is 0 Å². The van der Waals surface area contributed by atoms with E-state index in [9.17, 15) is 9.59 Å². The Kier molecular flexibility index (Phi) is 3.23. The molecule has 74 valence electrons. The Bertz CT molecular complexity index is 220. The van der Waals surface area contributed by atoms with Crippen molar-refractivity contribution in [2.24, 2.45) is 17.8 Å². The van der Waals surface area contributed by atoms with Crippen LogP contribution in [-0.2, 0) is 9.59 Å². The van der Waals surface area contributed by atoms with E-state index in [2.05, 4.69) is 6.92 Å². The molecule has 0 spiro atoms. The average molecular weight is 182 g/mol. The summed E-state index contributed by atoms with van der Waals surface area (Å²) in [5, 5.41) is 0. The van der Waals surface area contributed by atoms with Crippen LogP contribution in [0.3, 0.4) is 0 Å². The molecule has 0 aromatic heterocycles. The van der Waals surface area contributed by atoms with Gasteiger partial charge in [-0.25, -0.2) is 0 Å². The third-order valence-corrected chi connectivity index (χ3v) is 3.11. The first kappa shape index (κ1) is 10.4. The number of Topliss-reactive ketones (excluding diaryl/α,β-unsaturated/α-hetero) is 2. The standard InChI is InChI=1S/C11H18O2/c1-4-6-9-8(5-2)10(12)7(3)11(9)13/h7-9H,4-6H2,1-3H3. The molecule has 1 fully saturated rings. The van der Waals surface area contributed by atoms with Crippen LogP contribution in [0.1, 0.15) is 40.0 Å². The van der Waals surface area contributed by atoms with Crippen molar-refractivity contribution in [3.63, 3.8) is 0 Å². The molecule has 13 heavy (non-hydrogen) atoms. The Labute approximate surface area is 79.7 Å².